The molecule has 4 heterocycles. The van der Waals surface area contributed by atoms with E-state index < -0.39 is 0 Å². The molecule has 0 spiro atoms. The van der Waals surface area contributed by atoms with Crippen LogP contribution in [0.2, 0.25) is 0 Å². The van der Waals surface area contributed by atoms with Crippen molar-refractivity contribution in [1.29, 1.82) is 0 Å². The van der Waals surface area contributed by atoms with E-state index in [1.54, 1.807) is 17.7 Å². The third-order valence-electron chi connectivity index (χ3n) is 6.32. The average molecular weight is 451 g/mol. The molecular formula is C24H30N6OS. The zero-order chi connectivity index (χ0) is 21.9. The number of allylic oxidation sites excluding steroid dienone is 1. The van der Waals surface area contributed by atoms with Crippen molar-refractivity contribution in [3.8, 4) is 0 Å². The van der Waals surface area contributed by atoms with Gasteiger partial charge in [-0.3, -0.25) is 0 Å². The molecule has 0 amide bonds. The zero-order valence-electron chi connectivity index (χ0n) is 18.5. The van der Waals surface area contributed by atoms with E-state index in [2.05, 4.69) is 49.9 Å². The number of nitrogens with zero attached hydrogens (tertiary/aromatic N) is 5. The number of rotatable bonds is 6. The van der Waals surface area contributed by atoms with E-state index in [1.807, 2.05) is 18.5 Å². The first kappa shape index (κ1) is 21.2. The summed E-state index contributed by atoms with van der Waals surface area (Å²) in [7, 11) is 0. The number of nitrogens with one attached hydrogen (secondary N) is 1. The van der Waals surface area contributed by atoms with E-state index in [1.165, 1.54) is 5.69 Å². The molecule has 5 rings (SSSR count). The Bertz CT molecular complexity index is 1070. The summed E-state index contributed by atoms with van der Waals surface area (Å²) in [6.07, 6.45) is 5.87. The molecule has 1 N–H and O–H groups in total. The molecule has 2 aromatic heterocycles. The smallest absolute Gasteiger partial charge is 0.139 e. The van der Waals surface area contributed by atoms with Gasteiger partial charge in [0.25, 0.3) is 0 Å². The maximum Gasteiger partial charge on any atom is 0.139 e. The molecular weight excluding hydrogens is 420 g/mol. The summed E-state index contributed by atoms with van der Waals surface area (Å²) in [6.45, 7) is 11.4. The van der Waals surface area contributed by atoms with E-state index in [4.69, 9.17) is 9.72 Å². The van der Waals surface area contributed by atoms with Crippen molar-refractivity contribution in [2.45, 2.75) is 25.8 Å². The van der Waals surface area contributed by atoms with Crippen LogP contribution in [0.4, 0.5) is 11.5 Å². The fourth-order valence-corrected chi connectivity index (χ4v) is 5.59. The van der Waals surface area contributed by atoms with Gasteiger partial charge in [-0.2, -0.15) is 0 Å². The Morgan fingerprint density at radius 2 is 2.06 bits per heavy atom. The van der Waals surface area contributed by atoms with Crippen molar-refractivity contribution in [3.63, 3.8) is 0 Å². The van der Waals surface area contributed by atoms with E-state index >= 15 is 0 Å². The highest BCUT2D eigenvalue weighted by Gasteiger charge is 2.31. The van der Waals surface area contributed by atoms with Crippen molar-refractivity contribution < 1.29 is 4.74 Å². The number of hydrogen-bond donors (Lipinski definition) is 1. The number of anilines is 2. The van der Waals surface area contributed by atoms with Crippen LogP contribution in [0.5, 0.6) is 0 Å². The summed E-state index contributed by atoms with van der Waals surface area (Å²) in [5.41, 5.74) is 3.18. The first-order valence-electron chi connectivity index (χ1n) is 11.3. The molecule has 7 nitrogen and oxygen atoms in total. The van der Waals surface area contributed by atoms with Crippen LogP contribution in [0, 0.1) is 5.92 Å². The van der Waals surface area contributed by atoms with Gasteiger partial charge in [0.2, 0.25) is 0 Å². The fraction of sp³-hybridized carbons (Fsp3) is 0.458. The number of fused-ring (bicyclic) bond motifs is 1. The van der Waals surface area contributed by atoms with Gasteiger partial charge in [-0.1, -0.05) is 6.58 Å². The van der Waals surface area contributed by atoms with Crippen LogP contribution < -0.4 is 15.1 Å². The Morgan fingerprint density at radius 1 is 1.19 bits per heavy atom. The molecule has 168 valence electrons. The van der Waals surface area contributed by atoms with Gasteiger partial charge >= 0.3 is 0 Å². The predicted molar refractivity (Wildman–Crippen MR) is 130 cm³/mol. The molecule has 0 aliphatic carbocycles. The quantitative estimate of drug-likeness (QED) is 0.609. The molecule has 2 aliphatic heterocycles. The highest BCUT2D eigenvalue weighted by molar-refractivity contribution is 7.09. The molecule has 3 aromatic rings. The number of hydrogen-bond acceptors (Lipinski definition) is 8. The van der Waals surface area contributed by atoms with Crippen molar-refractivity contribution in [3.05, 3.63) is 53.4 Å². The number of piperidine rings is 1. The van der Waals surface area contributed by atoms with Crippen molar-refractivity contribution in [2.24, 2.45) is 5.92 Å². The molecule has 2 aliphatic rings. The van der Waals surface area contributed by atoms with Crippen molar-refractivity contribution in [1.82, 2.24) is 20.3 Å². The van der Waals surface area contributed by atoms with Gasteiger partial charge < -0.3 is 19.9 Å². The van der Waals surface area contributed by atoms with Crippen LogP contribution in [-0.4, -0.2) is 54.3 Å². The van der Waals surface area contributed by atoms with E-state index in [9.17, 15) is 0 Å². The number of thiazole rings is 1. The van der Waals surface area contributed by atoms with E-state index in [0.29, 0.717) is 5.92 Å². The van der Waals surface area contributed by atoms with Crippen LogP contribution in [0.15, 0.2) is 48.4 Å². The van der Waals surface area contributed by atoms with Gasteiger partial charge in [0, 0.05) is 60.4 Å². The van der Waals surface area contributed by atoms with Gasteiger partial charge in [0.15, 0.2) is 0 Å². The zero-order valence-corrected chi connectivity index (χ0v) is 19.4. The third kappa shape index (κ3) is 4.42. The maximum atomic E-state index is 5.50. The van der Waals surface area contributed by atoms with Crippen LogP contribution in [0.3, 0.4) is 0 Å². The number of morpholine rings is 1. The first-order chi connectivity index (χ1) is 15.7. The standard InChI is InChI=1S/C24H30N6OS/c1-17(2)28-22(24-25-7-13-32-24)18-4-3-8-30(15-18)23-20-6-5-19(14-21(20)26-16-27-23)29-9-11-31-12-10-29/h5-7,13-14,16,18,22,28H,1,3-4,8-12,15H2,2H3. The van der Waals surface area contributed by atoms with Gasteiger partial charge in [-0.05, 0) is 38.0 Å². The molecule has 2 saturated heterocycles. The highest BCUT2D eigenvalue weighted by Crippen LogP contribution is 2.35. The van der Waals surface area contributed by atoms with Gasteiger partial charge in [-0.25, -0.2) is 15.0 Å². The summed E-state index contributed by atoms with van der Waals surface area (Å²) in [4.78, 5) is 18.7. The molecule has 0 bridgehead atoms. The van der Waals surface area contributed by atoms with Gasteiger partial charge in [-0.15, -0.1) is 11.3 Å². The lowest BCUT2D eigenvalue weighted by atomic mass is 9.90. The second kappa shape index (κ2) is 9.42. The van der Waals surface area contributed by atoms with E-state index in [-0.39, 0.29) is 6.04 Å². The molecule has 2 atom stereocenters. The van der Waals surface area contributed by atoms with E-state index in [0.717, 1.165) is 79.7 Å². The average Bonchev–Trinajstić information content (AvgIpc) is 3.37. The minimum atomic E-state index is 0.177. The van der Waals surface area contributed by atoms with Crippen molar-refractivity contribution in [2.75, 3.05) is 49.2 Å². The molecule has 2 fully saturated rings. The van der Waals surface area contributed by atoms with Crippen molar-refractivity contribution >= 4 is 33.7 Å². The lowest BCUT2D eigenvalue weighted by Gasteiger charge is -2.38. The van der Waals surface area contributed by atoms with Crippen LogP contribution in [0.1, 0.15) is 30.8 Å². The molecule has 2 unspecified atom stereocenters. The number of ether oxygens (including phenoxy) is 1. The molecule has 0 saturated carbocycles. The Hall–Kier alpha value is -2.71. The Kier molecular flexibility index (Phi) is 6.23. The lowest BCUT2D eigenvalue weighted by molar-refractivity contribution is 0.122. The monoisotopic (exact) mass is 450 g/mol. The summed E-state index contributed by atoms with van der Waals surface area (Å²) < 4.78 is 5.50. The maximum absolute atomic E-state index is 5.50. The molecule has 1 aromatic carbocycles. The van der Waals surface area contributed by atoms with Gasteiger partial charge in [0.05, 0.1) is 24.8 Å². The fourth-order valence-electron chi connectivity index (χ4n) is 4.81. The summed E-state index contributed by atoms with van der Waals surface area (Å²) >= 11 is 1.71. The van der Waals surface area contributed by atoms with Crippen LogP contribution in [-0.2, 0) is 4.74 Å². The second-order valence-corrected chi connectivity index (χ2v) is 9.55. The third-order valence-corrected chi connectivity index (χ3v) is 7.18. The highest BCUT2D eigenvalue weighted by atomic mass is 32.1. The van der Waals surface area contributed by atoms with Crippen LogP contribution >= 0.6 is 11.3 Å². The first-order valence-corrected chi connectivity index (χ1v) is 12.2. The summed E-state index contributed by atoms with van der Waals surface area (Å²) in [5, 5.41) is 7.87. The SMILES string of the molecule is C=C(C)NC(c1nccs1)C1CCCN(c2ncnc3cc(N4CCOCC4)ccc23)C1. The normalized spacial score (nSPS) is 20.3. The summed E-state index contributed by atoms with van der Waals surface area (Å²) in [6, 6.07) is 6.75. The van der Waals surface area contributed by atoms with Crippen LogP contribution in [0.25, 0.3) is 10.9 Å². The molecule has 0 radical (unpaired) electrons. The topological polar surface area (TPSA) is 66.4 Å². The number of benzene rings is 1. The second-order valence-electron chi connectivity index (χ2n) is 8.62. The Balaban J connectivity index is 1.41. The predicted octanol–water partition coefficient (Wildman–Crippen LogP) is 4.00. The summed E-state index contributed by atoms with van der Waals surface area (Å²) in [5.74, 6) is 1.46. The largest absolute Gasteiger partial charge is 0.379 e. The lowest BCUT2D eigenvalue weighted by Crippen LogP contribution is -2.41. The minimum Gasteiger partial charge on any atom is -0.379 e. The van der Waals surface area contributed by atoms with Gasteiger partial charge in [0.1, 0.15) is 17.2 Å². The molecule has 8 heteroatoms. The Labute approximate surface area is 193 Å². The number of aromatic nitrogens is 3. The molecule has 32 heavy (non-hydrogen) atoms. The Morgan fingerprint density at radius 3 is 2.84 bits per heavy atom. The minimum absolute atomic E-state index is 0.177.